The molecule has 1 saturated heterocycles. The second-order valence-corrected chi connectivity index (χ2v) is 5.33. The number of aliphatic hydroxyl groups is 1. The predicted molar refractivity (Wildman–Crippen MR) is 73.3 cm³/mol. The molecule has 3 heterocycles. The average molecular weight is 274 g/mol. The molecule has 2 aromatic heterocycles. The van der Waals surface area contributed by atoms with Gasteiger partial charge in [-0.05, 0) is 25.7 Å². The van der Waals surface area contributed by atoms with Crippen molar-refractivity contribution in [3.05, 3.63) is 30.4 Å². The Bertz CT molecular complexity index is 614. The van der Waals surface area contributed by atoms with E-state index in [0.29, 0.717) is 24.6 Å². The number of piperidine rings is 1. The molecule has 0 spiro atoms. The molecule has 0 bridgehead atoms. The molecule has 6 heteroatoms. The standard InChI is InChI=1S/C14H18N4O2/c1-10(19)11-2-5-17(6-3-11)14(20)12-8-16-18-7-4-15-9-13(12)18/h4,7-11,19H,2-3,5-6H2,1H3. The molecule has 1 unspecified atom stereocenters. The van der Waals surface area contributed by atoms with Crippen LogP contribution in [-0.4, -0.2) is 49.7 Å². The Morgan fingerprint density at radius 3 is 2.85 bits per heavy atom. The van der Waals surface area contributed by atoms with Gasteiger partial charge in [-0.3, -0.25) is 9.78 Å². The predicted octanol–water partition coefficient (Wildman–Crippen LogP) is 0.962. The Kier molecular flexibility index (Phi) is 3.40. The molecule has 1 N–H and O–H groups in total. The van der Waals surface area contributed by atoms with Gasteiger partial charge in [0, 0.05) is 25.5 Å². The topological polar surface area (TPSA) is 70.7 Å². The normalized spacial score (nSPS) is 18.4. The number of hydrogen-bond acceptors (Lipinski definition) is 4. The van der Waals surface area contributed by atoms with Gasteiger partial charge in [0.1, 0.15) is 0 Å². The molecule has 0 aromatic carbocycles. The highest BCUT2D eigenvalue weighted by molar-refractivity contribution is 6.00. The van der Waals surface area contributed by atoms with Gasteiger partial charge in [0.2, 0.25) is 0 Å². The second-order valence-electron chi connectivity index (χ2n) is 5.33. The number of aromatic nitrogens is 3. The van der Waals surface area contributed by atoms with Crippen molar-refractivity contribution in [2.75, 3.05) is 13.1 Å². The molecule has 1 aliphatic rings. The largest absolute Gasteiger partial charge is 0.393 e. The number of carbonyl (C=O) groups excluding carboxylic acids is 1. The molecule has 3 rings (SSSR count). The lowest BCUT2D eigenvalue weighted by Crippen LogP contribution is -2.40. The first-order valence-electron chi connectivity index (χ1n) is 6.91. The van der Waals surface area contributed by atoms with Gasteiger partial charge >= 0.3 is 0 Å². The molecular weight excluding hydrogens is 256 g/mol. The van der Waals surface area contributed by atoms with Crippen LogP contribution in [0.1, 0.15) is 30.1 Å². The Morgan fingerprint density at radius 2 is 2.15 bits per heavy atom. The smallest absolute Gasteiger partial charge is 0.257 e. The van der Waals surface area contributed by atoms with Crippen molar-refractivity contribution in [2.24, 2.45) is 5.92 Å². The fourth-order valence-electron chi connectivity index (χ4n) is 2.75. The van der Waals surface area contributed by atoms with Crippen LogP contribution in [0.5, 0.6) is 0 Å². The SMILES string of the molecule is CC(O)C1CCN(C(=O)c2cnn3ccncc23)CC1. The first-order valence-corrected chi connectivity index (χ1v) is 6.91. The summed E-state index contributed by atoms with van der Waals surface area (Å²) in [4.78, 5) is 18.4. The van der Waals surface area contributed by atoms with E-state index in [9.17, 15) is 9.90 Å². The van der Waals surface area contributed by atoms with E-state index in [1.807, 2.05) is 11.8 Å². The Hall–Kier alpha value is -1.95. The maximum absolute atomic E-state index is 12.5. The third-order valence-corrected chi connectivity index (χ3v) is 4.06. The van der Waals surface area contributed by atoms with Crippen LogP contribution in [0.15, 0.2) is 24.8 Å². The van der Waals surface area contributed by atoms with Crippen LogP contribution in [-0.2, 0) is 0 Å². The van der Waals surface area contributed by atoms with Crippen LogP contribution >= 0.6 is 0 Å². The maximum atomic E-state index is 12.5. The third-order valence-electron chi connectivity index (χ3n) is 4.06. The number of carbonyl (C=O) groups is 1. The van der Waals surface area contributed by atoms with Gasteiger partial charge < -0.3 is 10.0 Å². The van der Waals surface area contributed by atoms with E-state index >= 15 is 0 Å². The van der Waals surface area contributed by atoms with Crippen LogP contribution < -0.4 is 0 Å². The molecule has 1 atom stereocenters. The molecule has 6 nitrogen and oxygen atoms in total. The highest BCUT2D eigenvalue weighted by Crippen LogP contribution is 2.22. The minimum absolute atomic E-state index is 0.00274. The van der Waals surface area contributed by atoms with Crippen LogP contribution in [0, 0.1) is 5.92 Å². The summed E-state index contributed by atoms with van der Waals surface area (Å²) in [6, 6.07) is 0. The summed E-state index contributed by atoms with van der Waals surface area (Å²) in [7, 11) is 0. The van der Waals surface area contributed by atoms with E-state index in [-0.39, 0.29) is 12.0 Å². The Labute approximate surface area is 117 Å². The van der Waals surface area contributed by atoms with E-state index in [2.05, 4.69) is 10.1 Å². The molecule has 0 saturated carbocycles. The summed E-state index contributed by atoms with van der Waals surface area (Å²) in [5, 5.41) is 13.8. The Morgan fingerprint density at radius 1 is 1.40 bits per heavy atom. The summed E-state index contributed by atoms with van der Waals surface area (Å²) < 4.78 is 1.66. The molecule has 1 aliphatic heterocycles. The number of rotatable bonds is 2. The van der Waals surface area contributed by atoms with Crippen molar-refractivity contribution in [1.29, 1.82) is 0 Å². The average Bonchev–Trinajstić information content (AvgIpc) is 2.90. The summed E-state index contributed by atoms with van der Waals surface area (Å²) in [5.41, 5.74) is 1.32. The van der Waals surface area contributed by atoms with Crippen LogP contribution in [0.3, 0.4) is 0 Å². The van der Waals surface area contributed by atoms with Gasteiger partial charge in [-0.1, -0.05) is 0 Å². The quantitative estimate of drug-likeness (QED) is 0.885. The minimum Gasteiger partial charge on any atom is -0.393 e. The van der Waals surface area contributed by atoms with Crippen LogP contribution in [0.2, 0.25) is 0 Å². The highest BCUT2D eigenvalue weighted by atomic mass is 16.3. The zero-order chi connectivity index (χ0) is 14.1. The van der Waals surface area contributed by atoms with E-state index in [4.69, 9.17) is 0 Å². The number of amides is 1. The third kappa shape index (κ3) is 2.27. The van der Waals surface area contributed by atoms with E-state index < -0.39 is 0 Å². The molecule has 1 fully saturated rings. The number of nitrogens with zero attached hydrogens (tertiary/aromatic N) is 4. The maximum Gasteiger partial charge on any atom is 0.257 e. The molecule has 106 valence electrons. The van der Waals surface area contributed by atoms with Crippen molar-refractivity contribution in [3.63, 3.8) is 0 Å². The van der Waals surface area contributed by atoms with E-state index in [1.165, 1.54) is 0 Å². The van der Waals surface area contributed by atoms with Crippen molar-refractivity contribution in [1.82, 2.24) is 19.5 Å². The molecule has 20 heavy (non-hydrogen) atoms. The summed E-state index contributed by atoms with van der Waals surface area (Å²) >= 11 is 0. The fraction of sp³-hybridized carbons (Fsp3) is 0.500. The zero-order valence-electron chi connectivity index (χ0n) is 11.4. The number of fused-ring (bicyclic) bond motifs is 1. The summed E-state index contributed by atoms with van der Waals surface area (Å²) in [6.07, 6.45) is 8.02. The van der Waals surface area contributed by atoms with Crippen LogP contribution in [0.4, 0.5) is 0 Å². The van der Waals surface area contributed by atoms with Crippen molar-refractivity contribution in [3.8, 4) is 0 Å². The van der Waals surface area contributed by atoms with Crippen molar-refractivity contribution in [2.45, 2.75) is 25.9 Å². The molecular formula is C14H18N4O2. The molecule has 1 amide bonds. The van der Waals surface area contributed by atoms with E-state index in [1.54, 1.807) is 29.3 Å². The second kappa shape index (κ2) is 5.20. The van der Waals surface area contributed by atoms with Gasteiger partial charge in [-0.25, -0.2) is 4.52 Å². The summed E-state index contributed by atoms with van der Waals surface area (Å²) in [6.45, 7) is 3.19. The Balaban J connectivity index is 1.77. The van der Waals surface area contributed by atoms with Crippen LogP contribution in [0.25, 0.3) is 5.52 Å². The lowest BCUT2D eigenvalue weighted by molar-refractivity contribution is 0.0523. The van der Waals surface area contributed by atoms with Gasteiger partial charge in [0.25, 0.3) is 5.91 Å². The lowest BCUT2D eigenvalue weighted by atomic mass is 9.92. The lowest BCUT2D eigenvalue weighted by Gasteiger charge is -2.33. The number of likely N-dealkylation sites (tertiary alicyclic amines) is 1. The number of aliphatic hydroxyl groups excluding tert-OH is 1. The van der Waals surface area contributed by atoms with Gasteiger partial charge in [-0.2, -0.15) is 5.10 Å². The van der Waals surface area contributed by atoms with Gasteiger partial charge in [0.15, 0.2) is 0 Å². The van der Waals surface area contributed by atoms with Gasteiger partial charge in [0.05, 0.1) is 29.6 Å². The molecule has 0 radical (unpaired) electrons. The molecule has 0 aliphatic carbocycles. The summed E-state index contributed by atoms with van der Waals surface area (Å²) in [5.74, 6) is 0.293. The van der Waals surface area contributed by atoms with E-state index in [0.717, 1.165) is 18.4 Å². The van der Waals surface area contributed by atoms with Crippen molar-refractivity contribution < 1.29 is 9.90 Å². The molecule has 2 aromatic rings. The zero-order valence-corrected chi connectivity index (χ0v) is 11.4. The van der Waals surface area contributed by atoms with Crippen molar-refractivity contribution >= 4 is 11.4 Å². The fourth-order valence-corrected chi connectivity index (χ4v) is 2.75. The number of hydrogen-bond donors (Lipinski definition) is 1. The first-order chi connectivity index (χ1) is 9.66. The minimum atomic E-state index is -0.298. The first kappa shape index (κ1) is 13.1. The van der Waals surface area contributed by atoms with Gasteiger partial charge in [-0.15, -0.1) is 0 Å². The highest BCUT2D eigenvalue weighted by Gasteiger charge is 2.27. The monoisotopic (exact) mass is 274 g/mol.